The molecule has 0 aromatic carbocycles. The smallest absolute Gasteiger partial charge is 0 e. The van der Waals surface area contributed by atoms with Gasteiger partial charge in [-0.25, -0.2) is 0 Å². The monoisotopic (exact) mass is 333 g/mol. The van der Waals surface area contributed by atoms with E-state index in [1.807, 2.05) is 0 Å². The van der Waals surface area contributed by atoms with Crippen LogP contribution in [0.4, 0.5) is 0 Å². The summed E-state index contributed by atoms with van der Waals surface area (Å²) in [6, 6.07) is 0. The Morgan fingerprint density at radius 1 is 1.25 bits per heavy atom. The van der Waals surface area contributed by atoms with Crippen molar-refractivity contribution in [3.63, 3.8) is 0 Å². The number of hydrogen-bond donors (Lipinski definition) is 1. The molecular weight excluding hydrogens is 330 g/mol. The molecule has 1 N–H and O–H groups in total. The first-order valence-electron chi connectivity index (χ1n) is 0.258. The van der Waals surface area contributed by atoms with Crippen molar-refractivity contribution in [2.45, 2.75) is 0 Å². The van der Waals surface area contributed by atoms with Gasteiger partial charge in [-0.1, -0.05) is 0 Å². The molecule has 4 heavy (non-hydrogen) atoms. The summed E-state index contributed by atoms with van der Waals surface area (Å²) in [5, 5.41) is 0. The van der Waals surface area contributed by atoms with E-state index >= 15 is 0 Å². The summed E-state index contributed by atoms with van der Waals surface area (Å²) in [6.45, 7) is 0. The normalized spacial score (nSPS) is 1.50. The third kappa shape index (κ3) is 8.85. The SMILES string of the molecule is OP.[Th].[V]. The van der Waals surface area contributed by atoms with Crippen molar-refractivity contribution in [3.8, 4) is 0 Å². The molecular formula is H3OPThV. The molecule has 0 rings (SSSR count). The van der Waals surface area contributed by atoms with E-state index in [0.717, 1.165) is 0 Å². The zero-order valence-electron chi connectivity index (χ0n) is 1.97. The Hall–Kier alpha value is 2.30. The molecule has 0 aliphatic heterocycles. The fourth-order valence-corrected chi connectivity index (χ4v) is 0. The van der Waals surface area contributed by atoms with Crippen LogP contribution in [0.1, 0.15) is 0 Å². The predicted octanol–water partition coefficient (Wildman–Crippen LogP) is -0.234. The maximum Gasteiger partial charge on any atom is 0 e. The Morgan fingerprint density at radius 2 is 1.25 bits per heavy atom. The summed E-state index contributed by atoms with van der Waals surface area (Å²) in [7, 11) is 1.42. The molecule has 0 aromatic heterocycles. The molecule has 0 heterocycles. The van der Waals surface area contributed by atoms with E-state index in [4.69, 9.17) is 4.89 Å². The molecule has 0 spiro atoms. The second-order valence-corrected chi connectivity index (χ2v) is 0. The second kappa shape index (κ2) is 18.5. The molecule has 0 saturated heterocycles. The van der Waals surface area contributed by atoms with E-state index in [-0.39, 0.29) is 58.5 Å². The van der Waals surface area contributed by atoms with Crippen LogP contribution in [0.15, 0.2) is 0 Å². The van der Waals surface area contributed by atoms with E-state index in [0.29, 0.717) is 0 Å². The maximum absolute atomic E-state index is 6.92. The van der Waals surface area contributed by atoms with E-state index in [9.17, 15) is 0 Å². The van der Waals surface area contributed by atoms with Gasteiger partial charge in [-0.2, -0.15) is 0 Å². The van der Waals surface area contributed by atoms with E-state index in [1.54, 1.807) is 0 Å². The Bertz CT molecular complexity index is 8.00. The van der Waals surface area contributed by atoms with Crippen LogP contribution in [-0.2, 0) is 18.6 Å². The topological polar surface area (TPSA) is 20.2 Å². The molecule has 1 radical (unpaired) electrons. The van der Waals surface area contributed by atoms with Crippen LogP contribution in [-0.4, -0.2) is 4.89 Å². The molecule has 0 aromatic rings. The molecule has 23 valence electrons. The minimum atomic E-state index is 0. The Balaban J connectivity index is -0.00000000500. The van der Waals surface area contributed by atoms with Gasteiger partial charge in [0.1, 0.15) is 0 Å². The fourth-order valence-electron chi connectivity index (χ4n) is 0. The third-order valence-electron chi connectivity index (χ3n) is 0. The molecule has 4 heteroatoms. The minimum absolute atomic E-state index is 0. The van der Waals surface area contributed by atoms with E-state index in [1.165, 1.54) is 9.47 Å². The average Bonchev–Trinajstić information content (AvgIpc) is 1.00. The second-order valence-electron chi connectivity index (χ2n) is 0. The quantitative estimate of drug-likeness (QED) is 0.607. The van der Waals surface area contributed by atoms with Gasteiger partial charge >= 0.3 is 0 Å². The van der Waals surface area contributed by atoms with Crippen LogP contribution in [0.2, 0.25) is 0 Å². The van der Waals surface area contributed by atoms with Gasteiger partial charge in [-0.15, -0.1) is 0 Å². The van der Waals surface area contributed by atoms with Gasteiger partial charge in [0.2, 0.25) is 0 Å². The fraction of sp³-hybridized carbons (Fsp3) is 0. The Kier molecular flexibility index (Phi) is 75.3. The number of rotatable bonds is 0. The van der Waals surface area contributed by atoms with E-state index in [2.05, 4.69) is 0 Å². The first-order chi connectivity index (χ1) is 1.00. The van der Waals surface area contributed by atoms with Crippen LogP contribution < -0.4 is 0 Å². The standard InChI is InChI=1S/H3OP.Th.V/c1-2;;/h1H,2H2;;. The molecule has 1 nitrogen and oxygen atoms in total. The zero-order chi connectivity index (χ0) is 2.00. The Labute approximate surface area is 71.8 Å². The largest absolute Gasteiger partial charge is 0.380 e. The van der Waals surface area contributed by atoms with Crippen molar-refractivity contribution in [1.29, 1.82) is 0 Å². The van der Waals surface area contributed by atoms with Crippen LogP contribution in [0, 0.1) is 39.9 Å². The number of hydrogen-bond acceptors (Lipinski definition) is 1. The summed E-state index contributed by atoms with van der Waals surface area (Å²) in [5.74, 6) is 0. The molecule has 1 unspecified atom stereocenters. The molecule has 1 atom stereocenters. The molecule has 0 fully saturated rings. The molecule has 0 aliphatic carbocycles. The molecule has 0 bridgehead atoms. The summed E-state index contributed by atoms with van der Waals surface area (Å²) in [5.41, 5.74) is 0. The van der Waals surface area contributed by atoms with Gasteiger partial charge in [-0.3, -0.25) is 0 Å². The molecule has 0 amide bonds. The third-order valence-corrected chi connectivity index (χ3v) is 0. The zero-order valence-corrected chi connectivity index (χ0v) is 8.63. The first kappa shape index (κ1) is 16.3. The van der Waals surface area contributed by atoms with Crippen LogP contribution in [0.5, 0.6) is 0 Å². The van der Waals surface area contributed by atoms with Crippen LogP contribution >= 0.6 is 9.47 Å². The summed E-state index contributed by atoms with van der Waals surface area (Å²) in [4.78, 5) is 6.92. The molecule has 0 aliphatic rings. The summed E-state index contributed by atoms with van der Waals surface area (Å²) < 4.78 is 0. The van der Waals surface area contributed by atoms with Gasteiger partial charge < -0.3 is 4.89 Å². The predicted molar refractivity (Wildman–Crippen MR) is 11.9 cm³/mol. The van der Waals surface area contributed by atoms with Crippen molar-refractivity contribution in [1.82, 2.24) is 0 Å². The first-order valence-corrected chi connectivity index (χ1v) is 0.775. The van der Waals surface area contributed by atoms with Crippen molar-refractivity contribution >= 4 is 9.47 Å². The average molecular weight is 333 g/mol. The maximum atomic E-state index is 6.92. The van der Waals surface area contributed by atoms with Crippen LogP contribution in [0.3, 0.4) is 0 Å². The molecule has 0 saturated carbocycles. The van der Waals surface area contributed by atoms with E-state index < -0.39 is 0 Å². The summed E-state index contributed by atoms with van der Waals surface area (Å²) >= 11 is 0. The summed E-state index contributed by atoms with van der Waals surface area (Å²) in [6.07, 6.45) is 0. The minimum Gasteiger partial charge on any atom is -0.380 e. The van der Waals surface area contributed by atoms with Crippen LogP contribution in [0.25, 0.3) is 0 Å². The van der Waals surface area contributed by atoms with Gasteiger partial charge in [0.15, 0.2) is 0 Å². The van der Waals surface area contributed by atoms with Gasteiger partial charge in [-0.05, 0) is 9.47 Å². The van der Waals surface area contributed by atoms with Gasteiger partial charge in [0.25, 0.3) is 0 Å². The van der Waals surface area contributed by atoms with Gasteiger partial charge in [0.05, 0.1) is 0 Å². The van der Waals surface area contributed by atoms with Crippen molar-refractivity contribution in [2.24, 2.45) is 0 Å². The van der Waals surface area contributed by atoms with Crippen molar-refractivity contribution in [3.05, 3.63) is 0 Å². The Morgan fingerprint density at radius 3 is 1.25 bits per heavy atom. The van der Waals surface area contributed by atoms with Gasteiger partial charge in [0, 0.05) is 58.5 Å². The van der Waals surface area contributed by atoms with Crippen molar-refractivity contribution < 1.29 is 63.4 Å². The van der Waals surface area contributed by atoms with Crippen molar-refractivity contribution in [2.75, 3.05) is 0 Å².